The Labute approximate surface area is 71.4 Å². The lowest BCUT2D eigenvalue weighted by atomic mass is 10.1. The van der Waals surface area contributed by atoms with Crippen molar-refractivity contribution in [2.75, 3.05) is 0 Å². The minimum atomic E-state index is -0.644. The van der Waals surface area contributed by atoms with Crippen LogP contribution in [0.4, 0.5) is 0 Å². The molecule has 11 heavy (non-hydrogen) atoms. The summed E-state index contributed by atoms with van der Waals surface area (Å²) in [7, 11) is 0. The fourth-order valence-corrected chi connectivity index (χ4v) is 0.825. The lowest BCUT2D eigenvalue weighted by Gasteiger charge is -2.10. The van der Waals surface area contributed by atoms with Crippen LogP contribution in [0, 0.1) is 10.8 Å². The highest BCUT2D eigenvalue weighted by Gasteiger charge is 2.12. The predicted molar refractivity (Wildman–Crippen MR) is 47.1 cm³/mol. The number of aliphatic hydroxyl groups excluding tert-OH is 1. The van der Waals surface area contributed by atoms with Gasteiger partial charge >= 0.3 is 0 Å². The van der Waals surface area contributed by atoms with E-state index in [2.05, 4.69) is 0 Å². The van der Waals surface area contributed by atoms with Gasteiger partial charge in [-0.2, -0.15) is 0 Å². The Balaban J connectivity index is 3.42. The molecule has 2 unspecified atom stereocenters. The number of nitrogens with one attached hydrogen (secondary N) is 2. The number of alkyl halides is 1. The fraction of sp³-hybridized carbons (Fsp3) is 0.714. The third kappa shape index (κ3) is 4.93. The highest BCUT2D eigenvalue weighted by Crippen LogP contribution is 2.07. The van der Waals surface area contributed by atoms with E-state index in [0.29, 0.717) is 12.8 Å². The van der Waals surface area contributed by atoms with Crippen molar-refractivity contribution in [3.8, 4) is 0 Å². The van der Waals surface area contributed by atoms with Crippen molar-refractivity contribution in [1.29, 1.82) is 10.8 Å². The summed E-state index contributed by atoms with van der Waals surface area (Å²) in [6.45, 7) is 0. The van der Waals surface area contributed by atoms with E-state index in [4.69, 9.17) is 22.4 Å². The minimum Gasteiger partial charge on any atom is -0.391 e. The third-order valence-electron chi connectivity index (χ3n) is 1.38. The molecule has 0 aliphatic heterocycles. The quantitative estimate of drug-likeness (QED) is 0.320. The SMILES string of the molecule is N=CCCCC(O)C(Cl)C=N. The predicted octanol–water partition coefficient (Wildman–Crippen LogP) is 1.42. The number of halogens is 1. The molecule has 0 amide bonds. The van der Waals surface area contributed by atoms with Crippen molar-refractivity contribution in [2.24, 2.45) is 0 Å². The zero-order valence-electron chi connectivity index (χ0n) is 6.26. The normalized spacial score (nSPS) is 15.5. The Morgan fingerprint density at radius 2 is 2.09 bits per heavy atom. The van der Waals surface area contributed by atoms with Gasteiger partial charge in [0.1, 0.15) is 0 Å². The molecule has 0 aliphatic carbocycles. The molecule has 0 fully saturated rings. The van der Waals surface area contributed by atoms with Crippen LogP contribution in [0.5, 0.6) is 0 Å². The maximum atomic E-state index is 9.19. The van der Waals surface area contributed by atoms with Gasteiger partial charge in [-0.25, -0.2) is 0 Å². The van der Waals surface area contributed by atoms with Gasteiger partial charge in [-0.3, -0.25) is 0 Å². The molecule has 64 valence electrons. The highest BCUT2D eigenvalue weighted by atomic mass is 35.5. The Bertz CT molecular complexity index is 130. The van der Waals surface area contributed by atoms with Crippen molar-refractivity contribution in [1.82, 2.24) is 0 Å². The molecule has 3 N–H and O–H groups in total. The van der Waals surface area contributed by atoms with Crippen molar-refractivity contribution in [3.05, 3.63) is 0 Å². The second kappa shape index (κ2) is 6.31. The van der Waals surface area contributed by atoms with E-state index in [9.17, 15) is 5.11 Å². The molecule has 0 rings (SSSR count). The molecule has 0 saturated carbocycles. The average Bonchev–Trinajstić information content (AvgIpc) is 2.03. The zero-order valence-corrected chi connectivity index (χ0v) is 7.01. The van der Waals surface area contributed by atoms with Crippen LogP contribution in [0.15, 0.2) is 0 Å². The molecule has 0 aromatic carbocycles. The van der Waals surface area contributed by atoms with Gasteiger partial charge in [-0.15, -0.1) is 11.6 Å². The molecule has 3 nitrogen and oxygen atoms in total. The molecule has 2 atom stereocenters. The summed E-state index contributed by atoms with van der Waals surface area (Å²) < 4.78 is 0. The van der Waals surface area contributed by atoms with Gasteiger partial charge in [0, 0.05) is 6.21 Å². The van der Waals surface area contributed by atoms with Crippen LogP contribution >= 0.6 is 11.6 Å². The lowest BCUT2D eigenvalue weighted by Crippen LogP contribution is -2.21. The second-order valence-corrected chi connectivity index (χ2v) is 2.82. The van der Waals surface area contributed by atoms with E-state index in [1.54, 1.807) is 0 Å². The molecule has 4 heteroatoms. The minimum absolute atomic E-state index is 0.554. The standard InChI is InChI=1S/C7H13ClN2O/c8-6(5-10)7(11)3-1-2-4-9/h4-7,9-11H,1-3H2. The van der Waals surface area contributed by atoms with Gasteiger partial charge in [0.05, 0.1) is 11.5 Å². The molecular formula is C7H13ClN2O. The Morgan fingerprint density at radius 3 is 2.55 bits per heavy atom. The molecule has 0 aromatic rings. The van der Waals surface area contributed by atoms with Crippen LogP contribution in [0.3, 0.4) is 0 Å². The first-order chi connectivity index (χ1) is 5.22. The Kier molecular flexibility index (Phi) is 6.07. The first-order valence-corrected chi connectivity index (χ1v) is 3.97. The number of rotatable bonds is 6. The van der Waals surface area contributed by atoms with Gasteiger partial charge in [-0.05, 0) is 25.5 Å². The number of aliphatic hydroxyl groups is 1. The van der Waals surface area contributed by atoms with Crippen LogP contribution in [0.1, 0.15) is 19.3 Å². The summed E-state index contributed by atoms with van der Waals surface area (Å²) in [5.41, 5.74) is 0. The van der Waals surface area contributed by atoms with Crippen molar-refractivity contribution >= 4 is 24.0 Å². The van der Waals surface area contributed by atoms with Crippen LogP contribution in [-0.4, -0.2) is 29.0 Å². The van der Waals surface area contributed by atoms with Crippen LogP contribution < -0.4 is 0 Å². The first-order valence-electron chi connectivity index (χ1n) is 3.54. The van der Waals surface area contributed by atoms with Crippen molar-refractivity contribution in [3.63, 3.8) is 0 Å². The van der Waals surface area contributed by atoms with E-state index < -0.39 is 11.5 Å². The molecule has 0 heterocycles. The molecule has 0 radical (unpaired) electrons. The van der Waals surface area contributed by atoms with Crippen LogP contribution in [0.2, 0.25) is 0 Å². The van der Waals surface area contributed by atoms with E-state index in [1.165, 1.54) is 6.21 Å². The van der Waals surface area contributed by atoms with Gasteiger partial charge < -0.3 is 15.9 Å². The van der Waals surface area contributed by atoms with Gasteiger partial charge in [0.25, 0.3) is 0 Å². The number of hydrogen-bond acceptors (Lipinski definition) is 3. The molecule has 0 spiro atoms. The number of unbranched alkanes of at least 4 members (excludes halogenated alkanes) is 1. The van der Waals surface area contributed by atoms with E-state index in [1.807, 2.05) is 0 Å². The maximum absolute atomic E-state index is 9.19. The Hall–Kier alpha value is -0.410. The Morgan fingerprint density at radius 1 is 1.45 bits per heavy atom. The van der Waals surface area contributed by atoms with E-state index >= 15 is 0 Å². The smallest absolute Gasteiger partial charge is 0.0939 e. The van der Waals surface area contributed by atoms with Crippen molar-refractivity contribution in [2.45, 2.75) is 30.7 Å². The summed E-state index contributed by atoms with van der Waals surface area (Å²) in [5.74, 6) is 0. The first kappa shape index (κ1) is 10.6. The summed E-state index contributed by atoms with van der Waals surface area (Å²) in [6, 6.07) is 0. The molecule has 0 bridgehead atoms. The lowest BCUT2D eigenvalue weighted by molar-refractivity contribution is 0.174. The molecular weight excluding hydrogens is 164 g/mol. The maximum Gasteiger partial charge on any atom is 0.0939 e. The largest absolute Gasteiger partial charge is 0.391 e. The number of hydrogen-bond donors (Lipinski definition) is 3. The fourth-order valence-electron chi connectivity index (χ4n) is 0.699. The summed E-state index contributed by atoms with van der Waals surface area (Å²) in [4.78, 5) is 0. The summed E-state index contributed by atoms with van der Waals surface area (Å²) >= 11 is 5.54. The van der Waals surface area contributed by atoms with Crippen LogP contribution in [-0.2, 0) is 0 Å². The zero-order chi connectivity index (χ0) is 8.69. The topological polar surface area (TPSA) is 67.9 Å². The summed E-state index contributed by atoms with van der Waals surface area (Å²) in [5, 5.41) is 22.1. The molecule has 0 aliphatic rings. The second-order valence-electron chi connectivity index (χ2n) is 2.31. The summed E-state index contributed by atoms with van der Waals surface area (Å²) in [6.07, 6.45) is 3.66. The monoisotopic (exact) mass is 176 g/mol. The molecule has 0 saturated heterocycles. The van der Waals surface area contributed by atoms with Gasteiger partial charge in [0.15, 0.2) is 0 Å². The van der Waals surface area contributed by atoms with E-state index in [0.717, 1.165) is 12.6 Å². The highest BCUT2D eigenvalue weighted by molar-refractivity contribution is 6.28. The van der Waals surface area contributed by atoms with Gasteiger partial charge in [0.2, 0.25) is 0 Å². The molecule has 0 aromatic heterocycles. The van der Waals surface area contributed by atoms with Crippen molar-refractivity contribution < 1.29 is 5.11 Å². The van der Waals surface area contributed by atoms with Gasteiger partial charge in [-0.1, -0.05) is 0 Å². The van der Waals surface area contributed by atoms with Crippen LogP contribution in [0.25, 0.3) is 0 Å². The third-order valence-corrected chi connectivity index (χ3v) is 1.79. The van der Waals surface area contributed by atoms with E-state index in [-0.39, 0.29) is 0 Å². The average molecular weight is 177 g/mol.